The third-order valence-corrected chi connectivity index (χ3v) is 2.06. The maximum absolute atomic E-state index is 5.48. The summed E-state index contributed by atoms with van der Waals surface area (Å²) in [5, 5.41) is 0. The quantitative estimate of drug-likeness (QED) is 0.773. The maximum Gasteiger partial charge on any atom is 0.0894 e. The van der Waals surface area contributed by atoms with E-state index in [1.807, 2.05) is 24.3 Å². The second-order valence-corrected chi connectivity index (χ2v) is 3.05. The van der Waals surface area contributed by atoms with Crippen LogP contribution in [-0.2, 0) is 0 Å². The van der Waals surface area contributed by atoms with Crippen LogP contribution in [0.15, 0.2) is 37.0 Å². The van der Waals surface area contributed by atoms with Crippen molar-refractivity contribution in [2.45, 2.75) is 0 Å². The van der Waals surface area contributed by atoms with Crippen LogP contribution in [0.4, 0.5) is 0 Å². The molecule has 2 rings (SSSR count). The normalized spacial score (nSPS) is 10.4. The zero-order valence-corrected chi connectivity index (χ0v) is 7.77. The topological polar surface area (TPSA) is 51.8 Å². The number of para-hydroxylation sites is 2. The molecule has 3 heteroatoms. The molecule has 2 N–H and O–H groups in total. The van der Waals surface area contributed by atoms with Crippen molar-refractivity contribution in [3.63, 3.8) is 0 Å². The molecule has 1 aromatic heterocycles. The van der Waals surface area contributed by atoms with E-state index < -0.39 is 0 Å². The Labute approximate surface area is 82.3 Å². The fourth-order valence-corrected chi connectivity index (χ4v) is 1.23. The summed E-state index contributed by atoms with van der Waals surface area (Å²) in [6.45, 7) is 4.23. The second kappa shape index (κ2) is 3.55. The van der Waals surface area contributed by atoms with Crippen LogP contribution in [-0.4, -0.2) is 16.5 Å². The van der Waals surface area contributed by atoms with E-state index in [1.54, 1.807) is 6.20 Å². The summed E-state index contributed by atoms with van der Waals surface area (Å²) in [4.78, 5) is 8.68. The van der Waals surface area contributed by atoms with Crippen LogP contribution in [0.25, 0.3) is 16.6 Å². The molecule has 0 saturated carbocycles. The molecule has 14 heavy (non-hydrogen) atoms. The molecule has 0 unspecified atom stereocenters. The van der Waals surface area contributed by atoms with E-state index in [4.69, 9.17) is 5.73 Å². The SMILES string of the molecule is C=C(CN)c1cnc2ccccc2n1. The lowest BCUT2D eigenvalue weighted by molar-refractivity contribution is 1.19. The lowest BCUT2D eigenvalue weighted by Gasteiger charge is -2.02. The molecule has 0 aliphatic rings. The van der Waals surface area contributed by atoms with Crippen LogP contribution in [0.2, 0.25) is 0 Å². The summed E-state index contributed by atoms with van der Waals surface area (Å²) >= 11 is 0. The summed E-state index contributed by atoms with van der Waals surface area (Å²) in [6.07, 6.45) is 1.71. The fourth-order valence-electron chi connectivity index (χ4n) is 1.23. The van der Waals surface area contributed by atoms with Gasteiger partial charge in [-0.1, -0.05) is 18.7 Å². The van der Waals surface area contributed by atoms with Crippen LogP contribution in [0.5, 0.6) is 0 Å². The lowest BCUT2D eigenvalue weighted by Crippen LogP contribution is -2.03. The van der Waals surface area contributed by atoms with Crippen LogP contribution in [0.3, 0.4) is 0 Å². The molecule has 0 amide bonds. The van der Waals surface area contributed by atoms with E-state index in [1.165, 1.54) is 0 Å². The smallest absolute Gasteiger partial charge is 0.0894 e. The molecular formula is C11H11N3. The van der Waals surface area contributed by atoms with Gasteiger partial charge in [0.15, 0.2) is 0 Å². The number of fused-ring (bicyclic) bond motifs is 1. The molecule has 0 aliphatic carbocycles. The van der Waals surface area contributed by atoms with Crippen molar-refractivity contribution in [1.82, 2.24) is 9.97 Å². The van der Waals surface area contributed by atoms with Crippen molar-refractivity contribution < 1.29 is 0 Å². The minimum atomic E-state index is 0.410. The van der Waals surface area contributed by atoms with Crippen molar-refractivity contribution in [2.24, 2.45) is 5.73 Å². The van der Waals surface area contributed by atoms with E-state index in [2.05, 4.69) is 16.5 Å². The Hall–Kier alpha value is -1.74. The van der Waals surface area contributed by atoms with Gasteiger partial charge in [0.2, 0.25) is 0 Å². The molecule has 0 spiro atoms. The van der Waals surface area contributed by atoms with Gasteiger partial charge < -0.3 is 5.73 Å². The van der Waals surface area contributed by atoms with E-state index in [0.717, 1.165) is 22.3 Å². The first-order valence-corrected chi connectivity index (χ1v) is 4.41. The molecule has 1 aromatic carbocycles. The third kappa shape index (κ3) is 1.49. The number of benzene rings is 1. The van der Waals surface area contributed by atoms with Crippen LogP contribution >= 0.6 is 0 Å². The highest BCUT2D eigenvalue weighted by molar-refractivity contribution is 5.76. The molecule has 1 heterocycles. The fraction of sp³-hybridized carbons (Fsp3) is 0.0909. The minimum Gasteiger partial charge on any atom is -0.326 e. The number of nitrogens with zero attached hydrogens (tertiary/aromatic N) is 2. The maximum atomic E-state index is 5.48. The Kier molecular flexibility index (Phi) is 2.24. The largest absolute Gasteiger partial charge is 0.326 e. The molecule has 0 aliphatic heterocycles. The average Bonchev–Trinajstić information content (AvgIpc) is 2.27. The summed E-state index contributed by atoms with van der Waals surface area (Å²) < 4.78 is 0. The van der Waals surface area contributed by atoms with Crippen molar-refractivity contribution in [3.05, 3.63) is 42.7 Å². The molecule has 0 bridgehead atoms. The van der Waals surface area contributed by atoms with Crippen molar-refractivity contribution >= 4 is 16.6 Å². The lowest BCUT2D eigenvalue weighted by atomic mass is 10.2. The molecule has 0 fully saturated rings. The van der Waals surface area contributed by atoms with E-state index in [0.29, 0.717) is 6.54 Å². The van der Waals surface area contributed by atoms with E-state index in [9.17, 15) is 0 Å². The predicted octanol–water partition coefficient (Wildman–Crippen LogP) is 1.60. The predicted molar refractivity (Wildman–Crippen MR) is 57.6 cm³/mol. The standard InChI is InChI=1S/C11H11N3/c1-8(6-12)11-7-13-9-4-2-3-5-10(9)14-11/h2-5,7H,1,6,12H2. The first-order chi connectivity index (χ1) is 6.81. The summed E-state index contributed by atoms with van der Waals surface area (Å²) in [5.74, 6) is 0. The van der Waals surface area contributed by atoms with Gasteiger partial charge in [-0.05, 0) is 17.7 Å². The van der Waals surface area contributed by atoms with Crippen LogP contribution < -0.4 is 5.73 Å². The second-order valence-electron chi connectivity index (χ2n) is 3.05. The number of rotatable bonds is 2. The van der Waals surface area contributed by atoms with Crippen molar-refractivity contribution in [1.29, 1.82) is 0 Å². The van der Waals surface area contributed by atoms with Gasteiger partial charge >= 0.3 is 0 Å². The minimum absolute atomic E-state index is 0.410. The highest BCUT2D eigenvalue weighted by atomic mass is 14.8. The Bertz CT molecular complexity index is 477. The zero-order chi connectivity index (χ0) is 9.97. The Morgan fingerprint density at radius 3 is 2.71 bits per heavy atom. The number of aromatic nitrogens is 2. The molecule has 3 nitrogen and oxygen atoms in total. The zero-order valence-electron chi connectivity index (χ0n) is 7.77. The first kappa shape index (κ1) is 8.84. The monoisotopic (exact) mass is 185 g/mol. The van der Waals surface area contributed by atoms with Gasteiger partial charge in [-0.3, -0.25) is 4.98 Å². The Balaban J connectivity index is 2.56. The Morgan fingerprint density at radius 2 is 2.00 bits per heavy atom. The summed E-state index contributed by atoms with van der Waals surface area (Å²) in [6, 6.07) is 7.73. The average molecular weight is 185 g/mol. The van der Waals surface area contributed by atoms with Gasteiger partial charge in [0.1, 0.15) is 0 Å². The summed E-state index contributed by atoms with van der Waals surface area (Å²) in [7, 11) is 0. The van der Waals surface area contributed by atoms with Gasteiger partial charge in [0.25, 0.3) is 0 Å². The first-order valence-electron chi connectivity index (χ1n) is 4.41. The number of nitrogens with two attached hydrogens (primary N) is 1. The highest BCUT2D eigenvalue weighted by Gasteiger charge is 2.00. The van der Waals surface area contributed by atoms with Gasteiger partial charge in [0, 0.05) is 6.54 Å². The summed E-state index contributed by atoms with van der Waals surface area (Å²) in [5.41, 5.74) is 8.82. The van der Waals surface area contributed by atoms with Crippen LogP contribution in [0.1, 0.15) is 5.69 Å². The van der Waals surface area contributed by atoms with Crippen molar-refractivity contribution in [2.75, 3.05) is 6.54 Å². The van der Waals surface area contributed by atoms with Crippen LogP contribution in [0, 0.1) is 0 Å². The molecular weight excluding hydrogens is 174 g/mol. The van der Waals surface area contributed by atoms with Gasteiger partial charge in [0.05, 0.1) is 22.9 Å². The molecule has 0 radical (unpaired) electrons. The molecule has 70 valence electrons. The Morgan fingerprint density at radius 1 is 1.29 bits per heavy atom. The highest BCUT2D eigenvalue weighted by Crippen LogP contribution is 2.12. The van der Waals surface area contributed by atoms with Gasteiger partial charge in [-0.2, -0.15) is 0 Å². The van der Waals surface area contributed by atoms with Gasteiger partial charge in [-0.15, -0.1) is 0 Å². The number of hydrogen-bond acceptors (Lipinski definition) is 3. The van der Waals surface area contributed by atoms with Crippen molar-refractivity contribution in [3.8, 4) is 0 Å². The number of hydrogen-bond donors (Lipinski definition) is 1. The van der Waals surface area contributed by atoms with Gasteiger partial charge in [-0.25, -0.2) is 4.98 Å². The third-order valence-electron chi connectivity index (χ3n) is 2.06. The molecule has 2 aromatic rings. The van der Waals surface area contributed by atoms with E-state index >= 15 is 0 Å². The molecule has 0 saturated heterocycles. The molecule has 0 atom stereocenters. The van der Waals surface area contributed by atoms with E-state index in [-0.39, 0.29) is 0 Å².